The van der Waals surface area contributed by atoms with Gasteiger partial charge in [0.25, 0.3) is 5.91 Å². The van der Waals surface area contributed by atoms with Crippen molar-refractivity contribution in [1.82, 2.24) is 5.06 Å². The fourth-order valence-electron chi connectivity index (χ4n) is 2.07. The third-order valence-corrected chi connectivity index (χ3v) is 3.28. The number of carboxylic acids is 1. The molecule has 4 N–H and O–H groups in total. The lowest BCUT2D eigenvalue weighted by Crippen LogP contribution is -2.46. The fraction of sp³-hybridized carbons (Fsp3) is 0.125. The monoisotopic (exact) mass is 317 g/mol. The Kier molecular flexibility index (Phi) is 4.95. The van der Waals surface area contributed by atoms with Crippen LogP contribution in [-0.2, 0) is 4.79 Å². The average molecular weight is 317 g/mol. The maximum Gasteiger partial charge on any atom is 0.332 e. The summed E-state index contributed by atoms with van der Waals surface area (Å²) in [4.78, 5) is 23.5. The van der Waals surface area contributed by atoms with Crippen LogP contribution < -0.4 is 0 Å². The number of aromatic hydroxyl groups is 1. The van der Waals surface area contributed by atoms with Crippen LogP contribution >= 0.6 is 0 Å². The molecule has 1 amide bonds. The normalized spacial score (nSPS) is 13.1. The summed E-state index contributed by atoms with van der Waals surface area (Å²) in [6.07, 6.45) is -1.68. The minimum Gasteiger partial charge on any atom is -0.508 e. The maximum absolute atomic E-state index is 12.1. The molecule has 7 heteroatoms. The molecule has 7 nitrogen and oxygen atoms in total. The van der Waals surface area contributed by atoms with Crippen LogP contribution in [0.2, 0.25) is 0 Å². The number of phenolic OH excluding ortho intramolecular Hbond substituents is 1. The molecule has 0 saturated heterocycles. The Morgan fingerprint density at radius 3 is 2.04 bits per heavy atom. The van der Waals surface area contributed by atoms with Crippen molar-refractivity contribution in [1.29, 1.82) is 0 Å². The number of carbonyl (C=O) groups excluding carboxylic acids is 1. The maximum atomic E-state index is 12.1. The molecule has 2 rings (SSSR count). The first-order chi connectivity index (χ1) is 10.9. The number of amides is 1. The van der Waals surface area contributed by atoms with Gasteiger partial charge in [-0.05, 0) is 29.8 Å². The van der Waals surface area contributed by atoms with E-state index in [-0.39, 0.29) is 21.9 Å². The lowest BCUT2D eigenvalue weighted by molar-refractivity contribution is -0.168. The number of hydrogen-bond acceptors (Lipinski definition) is 5. The zero-order valence-electron chi connectivity index (χ0n) is 11.9. The number of hydrogen-bond donors (Lipinski definition) is 4. The summed E-state index contributed by atoms with van der Waals surface area (Å²) >= 11 is 0. The largest absolute Gasteiger partial charge is 0.508 e. The minimum atomic E-state index is -1.90. The molecule has 0 heterocycles. The van der Waals surface area contributed by atoms with E-state index in [2.05, 4.69) is 0 Å². The van der Waals surface area contributed by atoms with E-state index in [4.69, 9.17) is 0 Å². The molecular weight excluding hydrogens is 302 g/mol. The molecule has 0 aromatic heterocycles. The molecule has 1 unspecified atom stereocenters. The highest BCUT2D eigenvalue weighted by Crippen LogP contribution is 2.23. The summed E-state index contributed by atoms with van der Waals surface area (Å²) in [5.74, 6) is -2.58. The molecule has 0 aliphatic heterocycles. The van der Waals surface area contributed by atoms with Crippen LogP contribution in [0, 0.1) is 0 Å². The molecule has 0 radical (unpaired) electrons. The molecule has 0 aliphatic carbocycles. The lowest BCUT2D eigenvalue weighted by atomic mass is 10.0. The Bertz CT molecular complexity index is 685. The van der Waals surface area contributed by atoms with E-state index in [0.717, 1.165) is 0 Å². The van der Waals surface area contributed by atoms with Crippen LogP contribution in [0.15, 0.2) is 54.6 Å². The van der Waals surface area contributed by atoms with E-state index in [1.54, 1.807) is 18.2 Å². The Labute approximate surface area is 131 Å². The number of aliphatic hydroxyl groups is 1. The summed E-state index contributed by atoms with van der Waals surface area (Å²) in [6.45, 7) is 0. The summed E-state index contributed by atoms with van der Waals surface area (Å²) in [5, 5.41) is 38.7. The van der Waals surface area contributed by atoms with Gasteiger partial charge in [-0.2, -0.15) is 0 Å². The van der Waals surface area contributed by atoms with Gasteiger partial charge in [0.05, 0.1) is 0 Å². The molecule has 2 aromatic rings. The molecular formula is C16H15NO6. The van der Waals surface area contributed by atoms with Crippen molar-refractivity contribution in [3.05, 3.63) is 65.7 Å². The second-order valence-electron chi connectivity index (χ2n) is 4.84. The number of aliphatic hydroxyl groups excluding tert-OH is 1. The van der Waals surface area contributed by atoms with E-state index >= 15 is 0 Å². The Balaban J connectivity index is 2.28. The van der Waals surface area contributed by atoms with Crippen molar-refractivity contribution >= 4 is 11.9 Å². The molecule has 23 heavy (non-hydrogen) atoms. The zero-order valence-corrected chi connectivity index (χ0v) is 11.9. The minimum absolute atomic E-state index is 0.00477. The van der Waals surface area contributed by atoms with Crippen molar-refractivity contribution in [3.63, 3.8) is 0 Å². The number of carboxylic acid groups (broad SMARTS) is 1. The first-order valence-electron chi connectivity index (χ1n) is 6.69. The molecule has 0 fully saturated rings. The number of nitrogens with zero attached hydrogens (tertiary/aromatic N) is 1. The highest BCUT2D eigenvalue weighted by atomic mass is 16.5. The predicted molar refractivity (Wildman–Crippen MR) is 78.9 cm³/mol. The quantitative estimate of drug-likeness (QED) is 0.489. The standard InChI is InChI=1S/C16H15NO6/c18-12-8-6-10(7-9-12)14(19)13(16(21)22)17(23)15(20)11-4-2-1-3-5-11/h1-9,13-14,18-19,23H,(H,21,22)/t13-,14?/m0/s1. The van der Waals surface area contributed by atoms with Crippen molar-refractivity contribution in [2.24, 2.45) is 0 Å². The molecule has 0 spiro atoms. The number of rotatable bonds is 5. The van der Waals surface area contributed by atoms with Gasteiger partial charge >= 0.3 is 5.97 Å². The van der Waals surface area contributed by atoms with Gasteiger partial charge in [-0.25, -0.2) is 9.86 Å². The van der Waals surface area contributed by atoms with Crippen molar-refractivity contribution in [2.45, 2.75) is 12.1 Å². The lowest BCUT2D eigenvalue weighted by Gasteiger charge is -2.27. The first kappa shape index (κ1) is 16.5. The number of aliphatic carboxylic acids is 1. The van der Waals surface area contributed by atoms with Gasteiger partial charge in [0.2, 0.25) is 0 Å². The van der Waals surface area contributed by atoms with E-state index in [1.165, 1.54) is 36.4 Å². The SMILES string of the molecule is O=C(O)[C@H](C(O)c1ccc(O)cc1)N(O)C(=O)c1ccccc1. The van der Waals surface area contributed by atoms with Crippen molar-refractivity contribution in [2.75, 3.05) is 0 Å². The van der Waals surface area contributed by atoms with Crippen LogP contribution in [0.25, 0.3) is 0 Å². The second-order valence-corrected chi connectivity index (χ2v) is 4.84. The first-order valence-corrected chi connectivity index (χ1v) is 6.69. The van der Waals surface area contributed by atoms with Gasteiger partial charge in [-0.3, -0.25) is 10.0 Å². The van der Waals surface area contributed by atoms with Gasteiger partial charge in [-0.15, -0.1) is 0 Å². The third kappa shape index (κ3) is 3.65. The van der Waals surface area contributed by atoms with E-state index in [0.29, 0.717) is 0 Å². The zero-order chi connectivity index (χ0) is 17.0. The van der Waals surface area contributed by atoms with E-state index in [9.17, 15) is 30.1 Å². The van der Waals surface area contributed by atoms with Gasteiger partial charge in [-0.1, -0.05) is 30.3 Å². The van der Waals surface area contributed by atoms with Gasteiger partial charge in [0, 0.05) is 5.56 Å². The van der Waals surface area contributed by atoms with Crippen LogP contribution in [-0.4, -0.2) is 43.5 Å². The fourth-order valence-corrected chi connectivity index (χ4v) is 2.07. The smallest absolute Gasteiger partial charge is 0.332 e. The van der Waals surface area contributed by atoms with Crippen LogP contribution in [0.1, 0.15) is 22.0 Å². The molecule has 120 valence electrons. The summed E-state index contributed by atoms with van der Waals surface area (Å²) in [7, 11) is 0. The van der Waals surface area contributed by atoms with Crippen LogP contribution in [0.3, 0.4) is 0 Å². The van der Waals surface area contributed by atoms with Gasteiger partial charge in [0.1, 0.15) is 11.9 Å². The Hall–Kier alpha value is -2.90. The molecule has 0 saturated carbocycles. The third-order valence-electron chi connectivity index (χ3n) is 3.28. The highest BCUT2D eigenvalue weighted by Gasteiger charge is 2.36. The van der Waals surface area contributed by atoms with E-state index in [1.807, 2.05) is 0 Å². The van der Waals surface area contributed by atoms with Gasteiger partial charge < -0.3 is 15.3 Å². The summed E-state index contributed by atoms with van der Waals surface area (Å²) in [5.41, 5.74) is 0.217. The number of benzene rings is 2. The molecule has 2 atom stereocenters. The molecule has 0 bridgehead atoms. The van der Waals surface area contributed by atoms with Crippen LogP contribution in [0.5, 0.6) is 5.75 Å². The Morgan fingerprint density at radius 2 is 1.52 bits per heavy atom. The average Bonchev–Trinajstić information content (AvgIpc) is 2.55. The van der Waals surface area contributed by atoms with Crippen molar-refractivity contribution < 1.29 is 30.1 Å². The second kappa shape index (κ2) is 6.91. The highest BCUT2D eigenvalue weighted by molar-refractivity contribution is 5.95. The summed E-state index contributed by atoms with van der Waals surface area (Å²) < 4.78 is 0. The molecule has 0 aliphatic rings. The predicted octanol–water partition coefficient (Wildman–Crippen LogP) is 1.41. The Morgan fingerprint density at radius 1 is 0.957 bits per heavy atom. The number of carbonyl (C=O) groups is 2. The summed E-state index contributed by atoms with van der Waals surface area (Å²) in [6, 6.07) is 10.9. The van der Waals surface area contributed by atoms with Crippen molar-refractivity contribution in [3.8, 4) is 5.75 Å². The molecule has 2 aromatic carbocycles. The topological polar surface area (TPSA) is 118 Å². The number of phenols is 1. The number of hydroxylamine groups is 2. The van der Waals surface area contributed by atoms with E-state index < -0.39 is 24.0 Å². The van der Waals surface area contributed by atoms with Crippen LogP contribution in [0.4, 0.5) is 0 Å². The van der Waals surface area contributed by atoms with Gasteiger partial charge in [0.15, 0.2) is 6.04 Å².